The summed E-state index contributed by atoms with van der Waals surface area (Å²) in [6.07, 6.45) is 3.69. The predicted octanol–water partition coefficient (Wildman–Crippen LogP) is 1.43. The number of hydrogen-bond acceptors (Lipinski definition) is 5. The van der Waals surface area contributed by atoms with E-state index in [4.69, 9.17) is 0 Å². The van der Waals surface area contributed by atoms with Crippen LogP contribution < -0.4 is 10.0 Å². The molecule has 0 bridgehead atoms. The molecule has 2 aromatic heterocycles. The van der Waals surface area contributed by atoms with Gasteiger partial charge in [-0.15, -0.1) is 0 Å². The van der Waals surface area contributed by atoms with Crippen LogP contribution in [0.3, 0.4) is 0 Å². The zero-order valence-electron chi connectivity index (χ0n) is 15.4. The third kappa shape index (κ3) is 5.12. The number of hydrogen-bond donors (Lipinski definition) is 3. The van der Waals surface area contributed by atoms with Crippen LogP contribution in [-0.2, 0) is 21.4 Å². The Kier molecular flexibility index (Phi) is 6.49. The first-order chi connectivity index (χ1) is 12.2. The van der Waals surface area contributed by atoms with Gasteiger partial charge in [-0.2, -0.15) is 9.82 Å². The van der Waals surface area contributed by atoms with Crippen LogP contribution in [0, 0.1) is 19.8 Å². The minimum absolute atomic E-state index is 0.0892. The molecule has 0 aliphatic carbocycles. The summed E-state index contributed by atoms with van der Waals surface area (Å²) in [7, 11) is -3.87. The van der Waals surface area contributed by atoms with Gasteiger partial charge in [0.05, 0.1) is 11.4 Å². The third-order valence-corrected chi connectivity index (χ3v) is 5.57. The van der Waals surface area contributed by atoms with Gasteiger partial charge in [0.25, 0.3) is 0 Å². The van der Waals surface area contributed by atoms with Crippen LogP contribution in [-0.4, -0.2) is 35.5 Å². The minimum Gasteiger partial charge on any atom is -0.351 e. The van der Waals surface area contributed by atoms with Crippen molar-refractivity contribution in [3.8, 4) is 0 Å². The number of aromatic nitrogens is 3. The topological polar surface area (TPSA) is 117 Å². The maximum atomic E-state index is 12.7. The van der Waals surface area contributed by atoms with E-state index < -0.39 is 16.1 Å². The van der Waals surface area contributed by atoms with E-state index in [1.54, 1.807) is 32.3 Å². The summed E-state index contributed by atoms with van der Waals surface area (Å²) < 4.78 is 28.0. The number of nitrogens with zero attached hydrogens (tertiary/aromatic N) is 2. The largest absolute Gasteiger partial charge is 0.351 e. The molecule has 26 heavy (non-hydrogen) atoms. The number of carbonyl (C=O) groups is 1. The van der Waals surface area contributed by atoms with Gasteiger partial charge in [-0.3, -0.25) is 14.9 Å². The van der Waals surface area contributed by atoms with Crippen molar-refractivity contribution in [2.24, 2.45) is 5.92 Å². The van der Waals surface area contributed by atoms with Gasteiger partial charge < -0.3 is 5.32 Å². The Bertz CT molecular complexity index is 827. The molecule has 142 valence electrons. The summed E-state index contributed by atoms with van der Waals surface area (Å²) in [4.78, 5) is 16.7. The van der Waals surface area contributed by atoms with Gasteiger partial charge >= 0.3 is 0 Å². The van der Waals surface area contributed by atoms with Crippen molar-refractivity contribution in [3.05, 3.63) is 41.5 Å². The lowest BCUT2D eigenvalue weighted by Crippen LogP contribution is -2.47. The first-order valence-electron chi connectivity index (χ1n) is 8.41. The molecular weight excluding hydrogens is 354 g/mol. The van der Waals surface area contributed by atoms with Crippen LogP contribution in [0.25, 0.3) is 0 Å². The lowest BCUT2D eigenvalue weighted by Gasteiger charge is -2.20. The Morgan fingerprint density at radius 2 is 2.04 bits per heavy atom. The fourth-order valence-electron chi connectivity index (χ4n) is 2.68. The molecule has 9 heteroatoms. The highest BCUT2D eigenvalue weighted by molar-refractivity contribution is 7.89. The number of sulfonamides is 1. The minimum atomic E-state index is -3.87. The summed E-state index contributed by atoms with van der Waals surface area (Å²) in [5.74, 6) is -0.233. The lowest BCUT2D eigenvalue weighted by atomic mass is 10.0. The van der Waals surface area contributed by atoms with E-state index in [-0.39, 0.29) is 23.3 Å². The number of nitrogens with one attached hydrogen (secondary N) is 3. The fourth-order valence-corrected chi connectivity index (χ4v) is 4.26. The predicted molar refractivity (Wildman–Crippen MR) is 97.7 cm³/mol. The molecule has 2 heterocycles. The van der Waals surface area contributed by atoms with Gasteiger partial charge in [0.2, 0.25) is 15.9 Å². The van der Waals surface area contributed by atoms with Crippen LogP contribution in [0.1, 0.15) is 37.2 Å². The number of aromatic amines is 1. The van der Waals surface area contributed by atoms with Crippen molar-refractivity contribution >= 4 is 15.9 Å². The van der Waals surface area contributed by atoms with Gasteiger partial charge in [0, 0.05) is 18.9 Å². The van der Waals surface area contributed by atoms with Crippen LogP contribution in [0.5, 0.6) is 0 Å². The fraction of sp³-hybridized carbons (Fsp3) is 0.471. The van der Waals surface area contributed by atoms with Gasteiger partial charge in [-0.1, -0.05) is 19.9 Å². The molecule has 0 spiro atoms. The Labute approximate surface area is 153 Å². The summed E-state index contributed by atoms with van der Waals surface area (Å²) in [6.45, 7) is 7.40. The molecule has 2 rings (SSSR count). The molecule has 0 unspecified atom stereocenters. The van der Waals surface area contributed by atoms with Crippen molar-refractivity contribution in [1.82, 2.24) is 25.2 Å². The molecule has 0 aromatic carbocycles. The Morgan fingerprint density at radius 1 is 1.31 bits per heavy atom. The molecule has 0 fully saturated rings. The zero-order valence-corrected chi connectivity index (χ0v) is 16.2. The van der Waals surface area contributed by atoms with Gasteiger partial charge in [0.15, 0.2) is 0 Å². The molecule has 1 amide bonds. The summed E-state index contributed by atoms with van der Waals surface area (Å²) in [6, 6.07) is 2.75. The Hall–Kier alpha value is -2.26. The zero-order chi connectivity index (χ0) is 19.3. The number of rotatable bonds is 8. The quantitative estimate of drug-likeness (QED) is 0.641. The molecule has 0 radical (unpaired) electrons. The van der Waals surface area contributed by atoms with E-state index in [0.29, 0.717) is 17.8 Å². The highest BCUT2D eigenvalue weighted by Gasteiger charge is 2.29. The van der Waals surface area contributed by atoms with Crippen LogP contribution in [0.15, 0.2) is 29.4 Å². The number of amides is 1. The average Bonchev–Trinajstić information content (AvgIpc) is 2.91. The van der Waals surface area contributed by atoms with Gasteiger partial charge in [0.1, 0.15) is 10.9 Å². The number of aryl methyl sites for hydroxylation is 2. The van der Waals surface area contributed by atoms with Crippen molar-refractivity contribution in [3.63, 3.8) is 0 Å². The van der Waals surface area contributed by atoms with Crippen molar-refractivity contribution in [1.29, 1.82) is 0 Å². The Balaban J connectivity index is 2.15. The first-order valence-corrected chi connectivity index (χ1v) is 9.89. The van der Waals surface area contributed by atoms with E-state index in [2.05, 4.69) is 25.2 Å². The number of pyridine rings is 1. The standard InChI is InChI=1S/C17H25N5O3S/c1-11(2)8-15(17(23)19-10-14-6-5-7-18-9-14)22-26(24,25)16-12(3)20-21-13(16)4/h5-7,9,11,15,22H,8,10H2,1-4H3,(H,19,23)(H,20,21)/t15-/m0/s1. The van der Waals surface area contributed by atoms with Crippen molar-refractivity contribution < 1.29 is 13.2 Å². The highest BCUT2D eigenvalue weighted by Crippen LogP contribution is 2.18. The normalized spacial score (nSPS) is 13.0. The second kappa shape index (κ2) is 8.41. The molecule has 0 saturated carbocycles. The molecular formula is C17H25N5O3S. The summed E-state index contributed by atoms with van der Waals surface area (Å²) >= 11 is 0. The maximum Gasteiger partial charge on any atom is 0.244 e. The summed E-state index contributed by atoms with van der Waals surface area (Å²) in [5.41, 5.74) is 1.65. The van der Waals surface area contributed by atoms with Crippen LogP contribution in [0.4, 0.5) is 0 Å². The van der Waals surface area contributed by atoms with E-state index in [0.717, 1.165) is 5.56 Å². The van der Waals surface area contributed by atoms with E-state index in [1.165, 1.54) is 0 Å². The van der Waals surface area contributed by atoms with Crippen molar-refractivity contribution in [2.75, 3.05) is 0 Å². The van der Waals surface area contributed by atoms with Crippen LogP contribution in [0.2, 0.25) is 0 Å². The molecule has 1 atom stereocenters. The van der Waals surface area contributed by atoms with Crippen LogP contribution >= 0.6 is 0 Å². The second-order valence-corrected chi connectivity index (χ2v) is 8.30. The molecule has 2 aromatic rings. The van der Waals surface area contributed by atoms with E-state index in [1.807, 2.05) is 19.9 Å². The lowest BCUT2D eigenvalue weighted by molar-refractivity contribution is -0.123. The molecule has 0 saturated heterocycles. The molecule has 3 N–H and O–H groups in total. The monoisotopic (exact) mass is 379 g/mol. The number of H-pyrrole nitrogens is 1. The van der Waals surface area contributed by atoms with Gasteiger partial charge in [-0.25, -0.2) is 8.42 Å². The average molecular weight is 379 g/mol. The van der Waals surface area contributed by atoms with Gasteiger partial charge in [-0.05, 0) is 37.8 Å². The van der Waals surface area contributed by atoms with E-state index >= 15 is 0 Å². The maximum absolute atomic E-state index is 12.7. The molecule has 0 aliphatic rings. The molecule has 8 nitrogen and oxygen atoms in total. The van der Waals surface area contributed by atoms with Crippen molar-refractivity contribution in [2.45, 2.75) is 51.6 Å². The smallest absolute Gasteiger partial charge is 0.244 e. The first kappa shape index (κ1) is 20.1. The third-order valence-electron chi connectivity index (χ3n) is 3.84. The molecule has 0 aliphatic heterocycles. The number of carbonyl (C=O) groups excluding carboxylic acids is 1. The highest BCUT2D eigenvalue weighted by atomic mass is 32.2. The SMILES string of the molecule is Cc1n[nH]c(C)c1S(=O)(=O)N[C@@H](CC(C)C)C(=O)NCc1cccnc1. The Morgan fingerprint density at radius 3 is 2.58 bits per heavy atom. The summed E-state index contributed by atoms with van der Waals surface area (Å²) in [5, 5.41) is 9.35. The van der Waals surface area contributed by atoms with E-state index in [9.17, 15) is 13.2 Å². The second-order valence-electron chi connectivity index (χ2n) is 6.65.